The molecule has 0 unspecified atom stereocenters. The number of sulfone groups is 1. The maximum atomic E-state index is 12.9. The van der Waals surface area contributed by atoms with Gasteiger partial charge in [-0.15, -0.1) is 11.3 Å². The smallest absolute Gasteiger partial charge is 0.269 e. The number of nitrogens with zero attached hydrogens (tertiary/aromatic N) is 2. The molecule has 0 fully saturated rings. The van der Waals surface area contributed by atoms with E-state index in [1.807, 2.05) is 0 Å². The number of amides is 1. The molecule has 0 bridgehead atoms. The molecular formula is C19H16FN3O5S2. The van der Waals surface area contributed by atoms with Gasteiger partial charge in [0.2, 0.25) is 5.91 Å². The highest BCUT2D eigenvalue weighted by atomic mass is 32.2. The van der Waals surface area contributed by atoms with E-state index in [1.165, 1.54) is 35.6 Å². The largest absolute Gasteiger partial charge is 0.302 e. The number of nitro benzene ring substituents is 1. The summed E-state index contributed by atoms with van der Waals surface area (Å²) < 4.78 is 37.3. The molecule has 0 radical (unpaired) electrons. The molecule has 0 saturated carbocycles. The first kappa shape index (κ1) is 21.5. The molecule has 156 valence electrons. The number of carbonyl (C=O) groups excluding carboxylic acids is 1. The third-order valence-electron chi connectivity index (χ3n) is 4.11. The summed E-state index contributed by atoms with van der Waals surface area (Å²) in [5, 5.41) is 15.4. The van der Waals surface area contributed by atoms with E-state index < -0.39 is 20.6 Å². The van der Waals surface area contributed by atoms with Crippen molar-refractivity contribution in [1.29, 1.82) is 0 Å². The predicted molar refractivity (Wildman–Crippen MR) is 111 cm³/mol. The van der Waals surface area contributed by atoms with Crippen LogP contribution in [0.4, 0.5) is 15.2 Å². The Balaban J connectivity index is 1.53. The standard InChI is InChI=1S/C19H16FN3O5S2/c20-14-5-9-16(10-6-14)30(27,28)11-1-2-18(24)22-19-21-17(12-29-19)13-3-7-15(8-4-13)23(25)26/h3-10,12H,1-2,11H2,(H,21,22,24). The maximum absolute atomic E-state index is 12.9. The van der Waals surface area contributed by atoms with E-state index in [9.17, 15) is 27.7 Å². The van der Waals surface area contributed by atoms with Gasteiger partial charge in [0.15, 0.2) is 15.0 Å². The number of hydrogen-bond acceptors (Lipinski definition) is 7. The Bertz CT molecular complexity index is 1160. The van der Waals surface area contributed by atoms with Crippen molar-refractivity contribution in [2.75, 3.05) is 11.1 Å². The minimum Gasteiger partial charge on any atom is -0.302 e. The highest BCUT2D eigenvalue weighted by Gasteiger charge is 2.16. The second-order valence-corrected chi connectivity index (χ2v) is 9.23. The molecule has 0 aliphatic heterocycles. The molecule has 1 heterocycles. The lowest BCUT2D eigenvalue weighted by Gasteiger charge is -2.05. The van der Waals surface area contributed by atoms with E-state index in [-0.39, 0.29) is 35.1 Å². The Morgan fingerprint density at radius 1 is 1.13 bits per heavy atom. The number of anilines is 1. The molecule has 0 aliphatic carbocycles. The Kier molecular flexibility index (Phi) is 6.53. The van der Waals surface area contributed by atoms with Crippen LogP contribution < -0.4 is 5.32 Å². The Labute approximate surface area is 175 Å². The molecule has 0 aliphatic rings. The molecule has 0 spiro atoms. The van der Waals surface area contributed by atoms with Gasteiger partial charge < -0.3 is 5.32 Å². The van der Waals surface area contributed by atoms with E-state index >= 15 is 0 Å². The van der Waals surface area contributed by atoms with Crippen LogP contribution in [0, 0.1) is 15.9 Å². The summed E-state index contributed by atoms with van der Waals surface area (Å²) >= 11 is 1.19. The van der Waals surface area contributed by atoms with Crippen LogP contribution in [0.1, 0.15) is 12.8 Å². The average molecular weight is 449 g/mol. The number of benzene rings is 2. The zero-order chi connectivity index (χ0) is 21.7. The van der Waals surface area contributed by atoms with Crippen LogP contribution in [-0.2, 0) is 14.6 Å². The van der Waals surface area contributed by atoms with E-state index in [2.05, 4.69) is 10.3 Å². The number of halogens is 1. The van der Waals surface area contributed by atoms with Gasteiger partial charge >= 0.3 is 0 Å². The minimum atomic E-state index is -3.59. The molecule has 1 amide bonds. The summed E-state index contributed by atoms with van der Waals surface area (Å²) in [4.78, 5) is 26.6. The molecule has 8 nitrogen and oxygen atoms in total. The molecule has 1 N–H and O–H groups in total. The molecule has 30 heavy (non-hydrogen) atoms. The Morgan fingerprint density at radius 3 is 2.43 bits per heavy atom. The van der Waals surface area contributed by atoms with Crippen molar-refractivity contribution < 1.29 is 22.5 Å². The van der Waals surface area contributed by atoms with Crippen LogP contribution in [0.5, 0.6) is 0 Å². The summed E-state index contributed by atoms with van der Waals surface area (Å²) in [6.07, 6.45) is 0.0823. The first-order valence-electron chi connectivity index (χ1n) is 8.73. The van der Waals surface area contributed by atoms with Crippen LogP contribution in [0.3, 0.4) is 0 Å². The summed E-state index contributed by atoms with van der Waals surface area (Å²) in [6.45, 7) is 0. The molecule has 1 aromatic heterocycles. The molecular weight excluding hydrogens is 433 g/mol. The van der Waals surface area contributed by atoms with Gasteiger partial charge in [0.05, 0.1) is 21.3 Å². The van der Waals surface area contributed by atoms with E-state index in [0.29, 0.717) is 16.4 Å². The predicted octanol–water partition coefficient (Wildman–Crippen LogP) is 4.05. The zero-order valence-electron chi connectivity index (χ0n) is 15.4. The second kappa shape index (κ2) is 9.09. The van der Waals surface area contributed by atoms with Crippen molar-refractivity contribution in [3.8, 4) is 11.3 Å². The van der Waals surface area contributed by atoms with Crippen LogP contribution in [0.15, 0.2) is 58.8 Å². The van der Waals surface area contributed by atoms with Gasteiger partial charge in [0, 0.05) is 29.5 Å². The van der Waals surface area contributed by atoms with E-state index in [0.717, 1.165) is 12.1 Å². The van der Waals surface area contributed by atoms with Gasteiger partial charge in [-0.1, -0.05) is 0 Å². The monoisotopic (exact) mass is 449 g/mol. The molecule has 0 saturated heterocycles. The number of thiazole rings is 1. The van der Waals surface area contributed by atoms with Gasteiger partial charge in [-0.05, 0) is 42.8 Å². The number of non-ortho nitro benzene ring substituents is 1. The van der Waals surface area contributed by atoms with Crippen molar-refractivity contribution in [1.82, 2.24) is 4.98 Å². The van der Waals surface area contributed by atoms with Crippen molar-refractivity contribution >= 4 is 37.9 Å². The lowest BCUT2D eigenvalue weighted by molar-refractivity contribution is -0.384. The lowest BCUT2D eigenvalue weighted by atomic mass is 10.1. The van der Waals surface area contributed by atoms with Crippen LogP contribution in [0.25, 0.3) is 11.3 Å². The third kappa shape index (κ3) is 5.45. The van der Waals surface area contributed by atoms with Crippen LogP contribution in [0.2, 0.25) is 0 Å². The van der Waals surface area contributed by atoms with Crippen LogP contribution in [-0.4, -0.2) is 30.0 Å². The van der Waals surface area contributed by atoms with Gasteiger partial charge in [-0.25, -0.2) is 17.8 Å². The number of aromatic nitrogens is 1. The minimum absolute atomic E-state index is 0.0111. The highest BCUT2D eigenvalue weighted by molar-refractivity contribution is 7.91. The van der Waals surface area contributed by atoms with Gasteiger partial charge in [-0.3, -0.25) is 14.9 Å². The fourth-order valence-electron chi connectivity index (χ4n) is 2.58. The van der Waals surface area contributed by atoms with Crippen LogP contribution >= 0.6 is 11.3 Å². The molecule has 3 aromatic rings. The zero-order valence-corrected chi connectivity index (χ0v) is 17.1. The Morgan fingerprint density at radius 2 is 1.80 bits per heavy atom. The quantitative estimate of drug-likeness (QED) is 0.315. The summed E-state index contributed by atoms with van der Waals surface area (Å²) in [6, 6.07) is 10.4. The first-order chi connectivity index (χ1) is 14.2. The van der Waals surface area contributed by atoms with E-state index in [4.69, 9.17) is 0 Å². The van der Waals surface area contributed by atoms with Crippen molar-refractivity contribution in [2.45, 2.75) is 17.7 Å². The highest BCUT2D eigenvalue weighted by Crippen LogP contribution is 2.26. The maximum Gasteiger partial charge on any atom is 0.269 e. The SMILES string of the molecule is O=C(CCCS(=O)(=O)c1ccc(F)cc1)Nc1nc(-c2ccc([N+](=O)[O-])cc2)cs1. The first-order valence-corrected chi connectivity index (χ1v) is 11.3. The third-order valence-corrected chi connectivity index (χ3v) is 6.69. The molecule has 0 atom stereocenters. The second-order valence-electron chi connectivity index (χ2n) is 6.27. The summed E-state index contributed by atoms with van der Waals surface area (Å²) in [5.41, 5.74) is 1.20. The summed E-state index contributed by atoms with van der Waals surface area (Å²) in [5.74, 6) is -1.14. The normalized spacial score (nSPS) is 11.2. The number of nitro groups is 1. The fourth-order valence-corrected chi connectivity index (χ4v) is 4.63. The molecule has 3 rings (SSSR count). The van der Waals surface area contributed by atoms with Crippen molar-refractivity contribution in [3.05, 3.63) is 69.8 Å². The van der Waals surface area contributed by atoms with Crippen molar-refractivity contribution in [2.24, 2.45) is 0 Å². The number of rotatable bonds is 8. The number of hydrogen-bond donors (Lipinski definition) is 1. The molecule has 11 heteroatoms. The van der Waals surface area contributed by atoms with Crippen molar-refractivity contribution in [3.63, 3.8) is 0 Å². The average Bonchev–Trinajstić information content (AvgIpc) is 3.16. The van der Waals surface area contributed by atoms with Gasteiger partial charge in [-0.2, -0.15) is 0 Å². The fraction of sp³-hybridized carbons (Fsp3) is 0.158. The van der Waals surface area contributed by atoms with Gasteiger partial charge in [0.25, 0.3) is 5.69 Å². The lowest BCUT2D eigenvalue weighted by Crippen LogP contribution is -2.14. The van der Waals surface area contributed by atoms with E-state index in [1.54, 1.807) is 17.5 Å². The topological polar surface area (TPSA) is 119 Å². The Hall–Kier alpha value is -3.18. The number of nitrogens with one attached hydrogen (secondary N) is 1. The molecule has 2 aromatic carbocycles. The van der Waals surface area contributed by atoms with Gasteiger partial charge in [0.1, 0.15) is 5.82 Å². The number of carbonyl (C=O) groups is 1. The summed E-state index contributed by atoms with van der Waals surface area (Å²) in [7, 11) is -3.59.